The molecule has 0 aromatic heterocycles. The summed E-state index contributed by atoms with van der Waals surface area (Å²) in [6.45, 7) is 10.4. The Balaban J connectivity index is 2.01. The molecule has 2 aliphatic rings. The predicted molar refractivity (Wildman–Crippen MR) is 46.7 cm³/mol. The van der Waals surface area contributed by atoms with Crippen LogP contribution in [0.4, 0.5) is 0 Å². The van der Waals surface area contributed by atoms with Crippen LogP contribution in [0.3, 0.4) is 0 Å². The van der Waals surface area contributed by atoms with E-state index in [1.165, 1.54) is 0 Å². The number of hydrogen-bond donors (Lipinski definition) is 0. The second-order valence-electron chi connectivity index (χ2n) is 5.04. The molecule has 2 fully saturated rings. The van der Waals surface area contributed by atoms with Gasteiger partial charge in [-0.1, -0.05) is 27.7 Å². The first-order valence-corrected chi connectivity index (χ1v) is 4.76. The van der Waals surface area contributed by atoms with Crippen molar-refractivity contribution in [3.8, 4) is 0 Å². The van der Waals surface area contributed by atoms with Gasteiger partial charge in [0.25, 0.3) is 0 Å². The maximum Gasteiger partial charge on any atom is 0.174 e. The lowest BCUT2D eigenvalue weighted by Gasteiger charge is -2.36. The summed E-state index contributed by atoms with van der Waals surface area (Å²) in [5.41, 5.74) is 0.202. The summed E-state index contributed by atoms with van der Waals surface area (Å²) in [5.74, 6) is 0.956. The summed E-state index contributed by atoms with van der Waals surface area (Å²) < 4.78 is 11.6. The second-order valence-corrected chi connectivity index (χ2v) is 5.04. The van der Waals surface area contributed by atoms with Crippen molar-refractivity contribution >= 4 is 0 Å². The maximum absolute atomic E-state index is 5.79. The SMILES string of the molecule is C[C@@H]1[C@H](C)C12OCC(C)(C)CO2. The van der Waals surface area contributed by atoms with Crippen LogP contribution >= 0.6 is 0 Å². The minimum atomic E-state index is -0.199. The summed E-state index contributed by atoms with van der Waals surface area (Å²) in [4.78, 5) is 0. The highest BCUT2D eigenvalue weighted by atomic mass is 16.7. The molecule has 0 radical (unpaired) electrons. The summed E-state index contributed by atoms with van der Waals surface area (Å²) in [7, 11) is 0. The monoisotopic (exact) mass is 170 g/mol. The van der Waals surface area contributed by atoms with Gasteiger partial charge in [-0.15, -0.1) is 0 Å². The molecule has 70 valence electrons. The van der Waals surface area contributed by atoms with Gasteiger partial charge in [0.1, 0.15) is 0 Å². The Bertz CT molecular complexity index is 178. The van der Waals surface area contributed by atoms with Gasteiger partial charge in [0, 0.05) is 17.3 Å². The third-order valence-electron chi connectivity index (χ3n) is 3.29. The standard InChI is InChI=1S/C10H18O2/c1-7-8(2)10(7)11-5-9(3,4)6-12-10/h7-8H,5-6H2,1-4H3/t7-,8+. The lowest BCUT2D eigenvalue weighted by atomic mass is 9.95. The molecular weight excluding hydrogens is 152 g/mol. The molecule has 1 aliphatic carbocycles. The number of hydrogen-bond acceptors (Lipinski definition) is 2. The van der Waals surface area contributed by atoms with Crippen LogP contribution in [0.2, 0.25) is 0 Å². The highest BCUT2D eigenvalue weighted by Gasteiger charge is 2.64. The predicted octanol–water partition coefficient (Wildman–Crippen LogP) is 2.04. The largest absolute Gasteiger partial charge is 0.349 e. The van der Waals surface area contributed by atoms with Crippen LogP contribution in [0.25, 0.3) is 0 Å². The van der Waals surface area contributed by atoms with E-state index in [9.17, 15) is 0 Å². The molecule has 12 heavy (non-hydrogen) atoms. The van der Waals surface area contributed by atoms with Crippen LogP contribution in [-0.4, -0.2) is 19.0 Å². The molecule has 1 saturated heterocycles. The number of ether oxygens (including phenoxy) is 2. The van der Waals surface area contributed by atoms with Crippen molar-refractivity contribution in [1.82, 2.24) is 0 Å². The first kappa shape index (κ1) is 8.52. The van der Waals surface area contributed by atoms with Gasteiger partial charge >= 0.3 is 0 Å². The number of rotatable bonds is 0. The fourth-order valence-corrected chi connectivity index (χ4v) is 1.92. The average Bonchev–Trinajstić information content (AvgIpc) is 2.50. The molecule has 0 amide bonds. The molecule has 1 heterocycles. The van der Waals surface area contributed by atoms with Crippen LogP contribution in [0.1, 0.15) is 27.7 Å². The Morgan fingerprint density at radius 3 is 1.75 bits per heavy atom. The Kier molecular flexibility index (Phi) is 1.59. The Labute approximate surface area is 74.2 Å². The van der Waals surface area contributed by atoms with Crippen molar-refractivity contribution in [2.45, 2.75) is 33.5 Å². The zero-order valence-corrected chi connectivity index (χ0v) is 8.39. The molecule has 0 bridgehead atoms. The summed E-state index contributed by atoms with van der Waals surface area (Å²) in [6.07, 6.45) is 0. The molecule has 0 N–H and O–H groups in total. The van der Waals surface area contributed by atoms with Gasteiger partial charge in [-0.3, -0.25) is 0 Å². The molecule has 1 aliphatic heterocycles. The highest BCUT2D eigenvalue weighted by molar-refractivity contribution is 5.04. The van der Waals surface area contributed by atoms with Gasteiger partial charge in [0.15, 0.2) is 5.79 Å². The molecule has 2 rings (SSSR count). The van der Waals surface area contributed by atoms with Gasteiger partial charge < -0.3 is 9.47 Å². The Morgan fingerprint density at radius 1 is 1.00 bits per heavy atom. The molecular formula is C10H18O2. The van der Waals surface area contributed by atoms with E-state index < -0.39 is 0 Å². The summed E-state index contributed by atoms with van der Waals surface area (Å²) >= 11 is 0. The van der Waals surface area contributed by atoms with E-state index in [0.717, 1.165) is 13.2 Å². The van der Waals surface area contributed by atoms with E-state index >= 15 is 0 Å². The normalized spacial score (nSPS) is 43.0. The van der Waals surface area contributed by atoms with Crippen LogP contribution in [0, 0.1) is 17.3 Å². The first-order valence-electron chi connectivity index (χ1n) is 4.76. The van der Waals surface area contributed by atoms with Crippen molar-refractivity contribution in [3.63, 3.8) is 0 Å². The fraction of sp³-hybridized carbons (Fsp3) is 1.00. The molecule has 1 spiro atoms. The Morgan fingerprint density at radius 2 is 1.42 bits per heavy atom. The van der Waals surface area contributed by atoms with Gasteiger partial charge in [-0.2, -0.15) is 0 Å². The van der Waals surface area contributed by atoms with Gasteiger partial charge in [0.05, 0.1) is 13.2 Å². The zero-order chi connectivity index (χ0) is 8.98. The van der Waals surface area contributed by atoms with E-state index in [4.69, 9.17) is 9.47 Å². The van der Waals surface area contributed by atoms with Crippen LogP contribution in [0.15, 0.2) is 0 Å². The molecule has 1 saturated carbocycles. The summed E-state index contributed by atoms with van der Waals surface area (Å²) in [5, 5.41) is 0. The van der Waals surface area contributed by atoms with Crippen molar-refractivity contribution < 1.29 is 9.47 Å². The molecule has 2 atom stereocenters. The van der Waals surface area contributed by atoms with Crippen LogP contribution in [-0.2, 0) is 9.47 Å². The van der Waals surface area contributed by atoms with Gasteiger partial charge in [-0.05, 0) is 0 Å². The van der Waals surface area contributed by atoms with E-state index in [1.54, 1.807) is 0 Å². The van der Waals surface area contributed by atoms with Crippen molar-refractivity contribution in [2.75, 3.05) is 13.2 Å². The minimum Gasteiger partial charge on any atom is -0.349 e. The topological polar surface area (TPSA) is 18.5 Å². The van der Waals surface area contributed by atoms with Crippen LogP contribution in [0.5, 0.6) is 0 Å². The van der Waals surface area contributed by atoms with E-state index in [2.05, 4.69) is 27.7 Å². The lowest BCUT2D eigenvalue weighted by Crippen LogP contribution is -2.40. The van der Waals surface area contributed by atoms with Gasteiger partial charge in [-0.25, -0.2) is 0 Å². The molecule has 0 aromatic rings. The zero-order valence-electron chi connectivity index (χ0n) is 8.39. The lowest BCUT2D eigenvalue weighted by molar-refractivity contribution is -0.255. The minimum absolute atomic E-state index is 0.199. The highest BCUT2D eigenvalue weighted by Crippen LogP contribution is 2.56. The van der Waals surface area contributed by atoms with E-state index in [1.807, 2.05) is 0 Å². The average molecular weight is 170 g/mol. The molecule has 0 aromatic carbocycles. The van der Waals surface area contributed by atoms with E-state index in [-0.39, 0.29) is 11.2 Å². The summed E-state index contributed by atoms with van der Waals surface area (Å²) in [6, 6.07) is 0. The van der Waals surface area contributed by atoms with Gasteiger partial charge in [0.2, 0.25) is 0 Å². The first-order chi connectivity index (χ1) is 5.48. The van der Waals surface area contributed by atoms with Crippen molar-refractivity contribution in [2.24, 2.45) is 17.3 Å². The fourth-order valence-electron chi connectivity index (χ4n) is 1.92. The van der Waals surface area contributed by atoms with Crippen molar-refractivity contribution in [1.29, 1.82) is 0 Å². The van der Waals surface area contributed by atoms with Crippen LogP contribution < -0.4 is 0 Å². The molecule has 0 unspecified atom stereocenters. The third kappa shape index (κ3) is 1.01. The van der Waals surface area contributed by atoms with E-state index in [0.29, 0.717) is 11.8 Å². The maximum atomic E-state index is 5.79. The smallest absolute Gasteiger partial charge is 0.174 e. The third-order valence-corrected chi connectivity index (χ3v) is 3.29. The van der Waals surface area contributed by atoms with Crippen molar-refractivity contribution in [3.05, 3.63) is 0 Å². The molecule has 2 nitrogen and oxygen atoms in total. The molecule has 2 heteroatoms. The second kappa shape index (κ2) is 2.24. The quantitative estimate of drug-likeness (QED) is 0.554. The Hall–Kier alpha value is -0.0800.